The number of nitrogens with one attached hydrogen (secondary N) is 1. The maximum Gasteiger partial charge on any atom is 0.410 e. The first-order valence-electron chi connectivity index (χ1n) is 8.26. The van der Waals surface area contributed by atoms with Crippen molar-refractivity contribution in [3.63, 3.8) is 0 Å². The molecular formula is C18H28N2O3. The molecule has 0 aliphatic carbocycles. The van der Waals surface area contributed by atoms with Gasteiger partial charge in [0.05, 0.1) is 12.8 Å². The first-order chi connectivity index (χ1) is 10.9. The molecule has 0 bridgehead atoms. The zero-order valence-corrected chi connectivity index (χ0v) is 14.6. The highest BCUT2D eigenvalue weighted by atomic mass is 16.6. The van der Waals surface area contributed by atoms with Crippen molar-refractivity contribution in [3.05, 3.63) is 24.3 Å². The monoisotopic (exact) mass is 320 g/mol. The van der Waals surface area contributed by atoms with Crippen molar-refractivity contribution in [1.82, 2.24) is 4.90 Å². The second-order valence-corrected chi connectivity index (χ2v) is 6.96. The standard InChI is InChI=1S/C18H28N2O3/c1-18(2,3)23-17(21)20-12-8-7-9-14(13-20)19-15-10-5-6-11-16(15)22-4/h5-6,10-11,14,19H,7-9,12-13H2,1-4H3/t14-/m1/s1. The van der Waals surface area contributed by atoms with Gasteiger partial charge in [0.1, 0.15) is 11.4 Å². The highest BCUT2D eigenvalue weighted by Crippen LogP contribution is 2.26. The number of likely N-dealkylation sites (tertiary alicyclic amines) is 1. The first-order valence-corrected chi connectivity index (χ1v) is 8.26. The smallest absolute Gasteiger partial charge is 0.410 e. The molecule has 23 heavy (non-hydrogen) atoms. The lowest BCUT2D eigenvalue weighted by molar-refractivity contribution is 0.0252. The Morgan fingerprint density at radius 1 is 1.26 bits per heavy atom. The minimum Gasteiger partial charge on any atom is -0.495 e. The summed E-state index contributed by atoms with van der Waals surface area (Å²) >= 11 is 0. The molecule has 1 saturated heterocycles. The molecule has 1 fully saturated rings. The number of para-hydroxylation sites is 2. The van der Waals surface area contributed by atoms with Gasteiger partial charge in [0.25, 0.3) is 0 Å². The van der Waals surface area contributed by atoms with Crippen LogP contribution in [0.15, 0.2) is 24.3 Å². The van der Waals surface area contributed by atoms with E-state index in [-0.39, 0.29) is 12.1 Å². The number of ether oxygens (including phenoxy) is 2. The summed E-state index contributed by atoms with van der Waals surface area (Å²) in [7, 11) is 1.67. The molecule has 1 atom stereocenters. The van der Waals surface area contributed by atoms with Gasteiger partial charge in [0, 0.05) is 19.1 Å². The molecule has 0 unspecified atom stereocenters. The quantitative estimate of drug-likeness (QED) is 0.918. The van der Waals surface area contributed by atoms with E-state index in [0.717, 1.165) is 37.2 Å². The van der Waals surface area contributed by atoms with Crippen LogP contribution in [0.1, 0.15) is 40.0 Å². The summed E-state index contributed by atoms with van der Waals surface area (Å²) in [6.07, 6.45) is 2.89. The molecule has 1 aliphatic heterocycles. The van der Waals surface area contributed by atoms with Crippen LogP contribution in [0, 0.1) is 0 Å². The maximum atomic E-state index is 12.3. The Labute approximate surface area is 139 Å². The number of methoxy groups -OCH3 is 1. The fourth-order valence-electron chi connectivity index (χ4n) is 2.74. The molecule has 1 N–H and O–H groups in total. The number of hydrogen-bond acceptors (Lipinski definition) is 4. The third-order valence-corrected chi connectivity index (χ3v) is 3.79. The Morgan fingerprint density at radius 3 is 2.70 bits per heavy atom. The normalized spacial score (nSPS) is 19.0. The van der Waals surface area contributed by atoms with Gasteiger partial charge in [-0.05, 0) is 52.2 Å². The SMILES string of the molecule is COc1ccccc1N[C@@H]1CCCCN(C(=O)OC(C)(C)C)C1. The van der Waals surface area contributed by atoms with E-state index in [1.807, 2.05) is 49.9 Å². The van der Waals surface area contributed by atoms with Crippen LogP contribution < -0.4 is 10.1 Å². The third kappa shape index (κ3) is 5.34. The van der Waals surface area contributed by atoms with Gasteiger partial charge in [-0.3, -0.25) is 0 Å². The summed E-state index contributed by atoms with van der Waals surface area (Å²) < 4.78 is 10.9. The number of amides is 1. The zero-order chi connectivity index (χ0) is 16.9. The van der Waals surface area contributed by atoms with Crippen LogP contribution in [0.2, 0.25) is 0 Å². The van der Waals surface area contributed by atoms with Crippen molar-refractivity contribution < 1.29 is 14.3 Å². The molecule has 0 spiro atoms. The molecule has 1 heterocycles. The largest absolute Gasteiger partial charge is 0.495 e. The average Bonchev–Trinajstić information content (AvgIpc) is 2.72. The molecule has 5 nitrogen and oxygen atoms in total. The maximum absolute atomic E-state index is 12.3. The summed E-state index contributed by atoms with van der Waals surface area (Å²) in [4.78, 5) is 14.1. The van der Waals surface area contributed by atoms with Gasteiger partial charge in [0.15, 0.2) is 0 Å². The number of anilines is 1. The van der Waals surface area contributed by atoms with Crippen molar-refractivity contribution in [1.29, 1.82) is 0 Å². The van der Waals surface area contributed by atoms with Crippen molar-refractivity contribution in [2.24, 2.45) is 0 Å². The topological polar surface area (TPSA) is 50.8 Å². The number of nitrogens with zero attached hydrogens (tertiary/aromatic N) is 1. The second-order valence-electron chi connectivity index (χ2n) is 6.96. The highest BCUT2D eigenvalue weighted by Gasteiger charge is 2.26. The van der Waals surface area contributed by atoms with E-state index < -0.39 is 5.60 Å². The van der Waals surface area contributed by atoms with Gasteiger partial charge in [-0.1, -0.05) is 12.1 Å². The molecular weight excluding hydrogens is 292 g/mol. The molecule has 0 aromatic heterocycles. The summed E-state index contributed by atoms with van der Waals surface area (Å²) in [5.41, 5.74) is 0.501. The van der Waals surface area contributed by atoms with E-state index in [9.17, 15) is 4.79 Å². The summed E-state index contributed by atoms with van der Waals surface area (Å²) in [6, 6.07) is 8.06. The summed E-state index contributed by atoms with van der Waals surface area (Å²) in [5.74, 6) is 0.820. The molecule has 128 valence electrons. The van der Waals surface area contributed by atoms with Crippen LogP contribution in [0.25, 0.3) is 0 Å². The molecule has 1 aliphatic rings. The van der Waals surface area contributed by atoms with Crippen molar-refractivity contribution in [3.8, 4) is 5.75 Å². The minimum absolute atomic E-state index is 0.196. The average molecular weight is 320 g/mol. The minimum atomic E-state index is -0.463. The predicted molar refractivity (Wildman–Crippen MR) is 92.1 cm³/mol. The summed E-state index contributed by atoms with van der Waals surface area (Å²) in [6.45, 7) is 7.08. The number of hydrogen-bond donors (Lipinski definition) is 1. The summed E-state index contributed by atoms with van der Waals surface area (Å²) in [5, 5.41) is 3.51. The van der Waals surface area contributed by atoms with E-state index in [2.05, 4.69) is 5.32 Å². The third-order valence-electron chi connectivity index (χ3n) is 3.79. The lowest BCUT2D eigenvalue weighted by Gasteiger charge is -2.29. The Hall–Kier alpha value is -1.91. The van der Waals surface area contributed by atoms with Crippen LogP contribution in [-0.2, 0) is 4.74 Å². The molecule has 2 rings (SSSR count). The van der Waals surface area contributed by atoms with Gasteiger partial charge in [-0.2, -0.15) is 0 Å². The van der Waals surface area contributed by atoms with Crippen LogP contribution in [0.5, 0.6) is 5.75 Å². The zero-order valence-electron chi connectivity index (χ0n) is 14.6. The van der Waals surface area contributed by atoms with E-state index in [1.165, 1.54) is 0 Å². The Kier molecular flexibility index (Phi) is 5.74. The van der Waals surface area contributed by atoms with Crippen molar-refractivity contribution in [2.45, 2.75) is 51.7 Å². The molecule has 0 radical (unpaired) electrons. The van der Waals surface area contributed by atoms with Crippen LogP contribution in [-0.4, -0.2) is 42.8 Å². The second kappa shape index (κ2) is 7.57. The molecule has 1 amide bonds. The lowest BCUT2D eigenvalue weighted by atomic mass is 10.1. The fourth-order valence-corrected chi connectivity index (χ4v) is 2.74. The van der Waals surface area contributed by atoms with E-state index in [1.54, 1.807) is 7.11 Å². The van der Waals surface area contributed by atoms with E-state index in [0.29, 0.717) is 6.54 Å². The van der Waals surface area contributed by atoms with Crippen molar-refractivity contribution >= 4 is 11.8 Å². The molecule has 1 aromatic carbocycles. The van der Waals surface area contributed by atoms with Gasteiger partial charge in [-0.15, -0.1) is 0 Å². The van der Waals surface area contributed by atoms with Crippen molar-refractivity contribution in [2.75, 3.05) is 25.5 Å². The lowest BCUT2D eigenvalue weighted by Crippen LogP contribution is -2.42. The molecule has 1 aromatic rings. The van der Waals surface area contributed by atoms with Gasteiger partial charge < -0.3 is 19.7 Å². The Morgan fingerprint density at radius 2 is 2.00 bits per heavy atom. The van der Waals surface area contributed by atoms with Crippen LogP contribution >= 0.6 is 0 Å². The van der Waals surface area contributed by atoms with Crippen LogP contribution in [0.4, 0.5) is 10.5 Å². The Balaban J connectivity index is 2.03. The number of benzene rings is 1. The highest BCUT2D eigenvalue weighted by molar-refractivity contribution is 5.68. The molecule has 5 heteroatoms. The molecule has 0 saturated carbocycles. The number of carbonyl (C=O) groups excluding carboxylic acids is 1. The fraction of sp³-hybridized carbons (Fsp3) is 0.611. The van der Waals surface area contributed by atoms with Gasteiger partial charge >= 0.3 is 6.09 Å². The van der Waals surface area contributed by atoms with E-state index >= 15 is 0 Å². The Bertz CT molecular complexity index is 525. The van der Waals surface area contributed by atoms with Crippen LogP contribution in [0.3, 0.4) is 0 Å². The van der Waals surface area contributed by atoms with E-state index in [4.69, 9.17) is 9.47 Å². The van der Waals surface area contributed by atoms with Gasteiger partial charge in [0.2, 0.25) is 0 Å². The number of carbonyl (C=O) groups is 1. The first kappa shape index (κ1) is 17.4. The number of rotatable bonds is 3. The van der Waals surface area contributed by atoms with Gasteiger partial charge in [-0.25, -0.2) is 4.79 Å². The predicted octanol–water partition coefficient (Wildman–Crippen LogP) is 3.90.